The number of rotatable bonds is 4. The Hall–Kier alpha value is -1.19. The van der Waals surface area contributed by atoms with Gasteiger partial charge in [0.1, 0.15) is 11.1 Å². The highest BCUT2D eigenvalue weighted by molar-refractivity contribution is 7.10. The number of aromatic nitrogens is 1. The Kier molecular flexibility index (Phi) is 2.95. The van der Waals surface area contributed by atoms with Gasteiger partial charge in [0, 0.05) is 18.1 Å². The zero-order valence-corrected chi connectivity index (χ0v) is 10.6. The summed E-state index contributed by atoms with van der Waals surface area (Å²) in [5, 5.41) is 3.24. The monoisotopic (exact) mass is 245 g/mol. The highest BCUT2D eigenvalue weighted by atomic mass is 32.1. The molecule has 1 atom stereocenters. The van der Waals surface area contributed by atoms with E-state index in [2.05, 4.69) is 17.5 Å². The predicted molar refractivity (Wildman–Crippen MR) is 70.0 cm³/mol. The molecule has 1 aliphatic carbocycles. The second kappa shape index (κ2) is 4.59. The number of benzene rings is 1. The molecule has 1 aromatic heterocycles. The fourth-order valence-electron chi connectivity index (χ4n) is 2.05. The van der Waals surface area contributed by atoms with Crippen LogP contribution in [0, 0.1) is 5.92 Å². The summed E-state index contributed by atoms with van der Waals surface area (Å²) in [6.45, 7) is 0. The molecule has 3 heteroatoms. The summed E-state index contributed by atoms with van der Waals surface area (Å²) in [6.07, 6.45) is 2.76. The molecule has 1 unspecified atom stereocenters. The molecule has 0 aliphatic heterocycles. The Balaban J connectivity index is 1.87. The first-order valence-electron chi connectivity index (χ1n) is 5.92. The van der Waals surface area contributed by atoms with Crippen molar-refractivity contribution in [2.45, 2.75) is 18.9 Å². The molecule has 0 spiro atoms. The van der Waals surface area contributed by atoms with Crippen LogP contribution in [-0.4, -0.2) is 12.1 Å². The average Bonchev–Trinajstić information content (AvgIpc) is 3.09. The summed E-state index contributed by atoms with van der Waals surface area (Å²) in [5.41, 5.74) is 2.24. The van der Waals surface area contributed by atoms with Gasteiger partial charge in [-0.25, -0.2) is 4.98 Å². The van der Waals surface area contributed by atoms with E-state index in [0.717, 1.165) is 10.7 Å². The molecule has 2 nitrogen and oxygen atoms in total. The molecule has 2 aromatic rings. The highest BCUT2D eigenvalue weighted by Gasteiger charge is 2.34. The van der Waals surface area contributed by atoms with Crippen LogP contribution in [0.5, 0.6) is 0 Å². The molecule has 1 aliphatic rings. The standard InChI is InChI=1S/C14H15NOS/c1-16-13(11-7-8-11)14-15-12(9-17-14)10-5-3-2-4-6-10/h2-6,9,11,13H,7-8H2,1H3. The van der Waals surface area contributed by atoms with Crippen LogP contribution in [0.1, 0.15) is 24.0 Å². The summed E-state index contributed by atoms with van der Waals surface area (Å²) in [4.78, 5) is 4.71. The van der Waals surface area contributed by atoms with Crippen molar-refractivity contribution in [2.75, 3.05) is 7.11 Å². The fourth-order valence-corrected chi connectivity index (χ4v) is 3.05. The lowest BCUT2D eigenvalue weighted by Crippen LogP contribution is -2.02. The van der Waals surface area contributed by atoms with Crippen molar-refractivity contribution in [3.63, 3.8) is 0 Å². The molecule has 88 valence electrons. The average molecular weight is 245 g/mol. The van der Waals surface area contributed by atoms with Gasteiger partial charge in [-0.2, -0.15) is 0 Å². The zero-order valence-electron chi connectivity index (χ0n) is 9.80. The van der Waals surface area contributed by atoms with Gasteiger partial charge in [-0.15, -0.1) is 11.3 Å². The highest BCUT2D eigenvalue weighted by Crippen LogP contribution is 2.44. The summed E-state index contributed by atoms with van der Waals surface area (Å²) >= 11 is 1.71. The Morgan fingerprint density at radius 1 is 1.29 bits per heavy atom. The summed E-state index contributed by atoms with van der Waals surface area (Å²) < 4.78 is 5.56. The van der Waals surface area contributed by atoms with E-state index >= 15 is 0 Å². The largest absolute Gasteiger partial charge is 0.374 e. The van der Waals surface area contributed by atoms with Crippen LogP contribution in [0.3, 0.4) is 0 Å². The number of hydrogen-bond donors (Lipinski definition) is 0. The Bertz CT molecular complexity index is 490. The molecule has 1 heterocycles. The Morgan fingerprint density at radius 2 is 2.06 bits per heavy atom. The number of nitrogens with zero attached hydrogens (tertiary/aromatic N) is 1. The fraction of sp³-hybridized carbons (Fsp3) is 0.357. The van der Waals surface area contributed by atoms with Crippen LogP contribution in [-0.2, 0) is 4.74 Å². The quantitative estimate of drug-likeness (QED) is 0.814. The molecule has 0 amide bonds. The van der Waals surface area contributed by atoms with Gasteiger partial charge < -0.3 is 4.74 Å². The van der Waals surface area contributed by atoms with E-state index < -0.39 is 0 Å². The lowest BCUT2D eigenvalue weighted by molar-refractivity contribution is 0.0844. The lowest BCUT2D eigenvalue weighted by atomic mass is 10.2. The Morgan fingerprint density at radius 3 is 2.71 bits per heavy atom. The van der Waals surface area contributed by atoms with Gasteiger partial charge >= 0.3 is 0 Å². The van der Waals surface area contributed by atoms with Gasteiger partial charge in [-0.05, 0) is 18.8 Å². The van der Waals surface area contributed by atoms with Crippen LogP contribution in [0.2, 0.25) is 0 Å². The smallest absolute Gasteiger partial charge is 0.122 e. The van der Waals surface area contributed by atoms with Gasteiger partial charge in [-0.3, -0.25) is 0 Å². The van der Waals surface area contributed by atoms with Crippen molar-refractivity contribution in [2.24, 2.45) is 5.92 Å². The van der Waals surface area contributed by atoms with E-state index in [-0.39, 0.29) is 6.10 Å². The second-order valence-corrected chi connectivity index (χ2v) is 5.32. The predicted octanol–water partition coefficient (Wildman–Crippen LogP) is 3.91. The molecule has 0 N–H and O–H groups in total. The van der Waals surface area contributed by atoms with E-state index in [1.165, 1.54) is 18.4 Å². The van der Waals surface area contributed by atoms with Gasteiger partial charge in [0.05, 0.1) is 5.69 Å². The number of hydrogen-bond acceptors (Lipinski definition) is 3. The van der Waals surface area contributed by atoms with Crippen LogP contribution >= 0.6 is 11.3 Å². The number of thiazole rings is 1. The van der Waals surface area contributed by atoms with Crippen LogP contribution < -0.4 is 0 Å². The third-order valence-electron chi connectivity index (χ3n) is 3.14. The van der Waals surface area contributed by atoms with Crippen molar-refractivity contribution in [1.29, 1.82) is 0 Å². The molecule has 1 aromatic carbocycles. The zero-order chi connectivity index (χ0) is 11.7. The van der Waals surface area contributed by atoms with Crippen molar-refractivity contribution in [1.82, 2.24) is 4.98 Å². The minimum Gasteiger partial charge on any atom is -0.374 e. The number of methoxy groups -OCH3 is 1. The van der Waals surface area contributed by atoms with Crippen molar-refractivity contribution in [3.8, 4) is 11.3 Å². The molecular weight excluding hydrogens is 230 g/mol. The molecule has 1 saturated carbocycles. The van der Waals surface area contributed by atoms with Crippen LogP contribution in [0.15, 0.2) is 35.7 Å². The molecule has 0 saturated heterocycles. The first-order valence-corrected chi connectivity index (χ1v) is 6.80. The maximum Gasteiger partial charge on any atom is 0.122 e. The van der Waals surface area contributed by atoms with E-state index in [1.807, 2.05) is 18.2 Å². The summed E-state index contributed by atoms with van der Waals surface area (Å²) in [7, 11) is 1.78. The molecule has 17 heavy (non-hydrogen) atoms. The van der Waals surface area contributed by atoms with E-state index in [9.17, 15) is 0 Å². The summed E-state index contributed by atoms with van der Waals surface area (Å²) in [6, 6.07) is 10.3. The first kappa shape index (κ1) is 10.9. The minimum absolute atomic E-state index is 0.206. The van der Waals surface area contributed by atoms with E-state index in [1.54, 1.807) is 18.4 Å². The van der Waals surface area contributed by atoms with Crippen molar-refractivity contribution in [3.05, 3.63) is 40.7 Å². The van der Waals surface area contributed by atoms with Gasteiger partial charge in [0.2, 0.25) is 0 Å². The molecular formula is C14H15NOS. The van der Waals surface area contributed by atoms with Crippen molar-refractivity contribution >= 4 is 11.3 Å². The third-order valence-corrected chi connectivity index (χ3v) is 4.05. The minimum atomic E-state index is 0.206. The first-order chi connectivity index (χ1) is 8.38. The van der Waals surface area contributed by atoms with E-state index in [4.69, 9.17) is 9.72 Å². The second-order valence-electron chi connectivity index (χ2n) is 4.43. The summed E-state index contributed by atoms with van der Waals surface area (Å²) in [5.74, 6) is 0.690. The van der Waals surface area contributed by atoms with Gasteiger partial charge in [0.25, 0.3) is 0 Å². The van der Waals surface area contributed by atoms with Crippen LogP contribution in [0.4, 0.5) is 0 Å². The maximum atomic E-state index is 5.56. The maximum absolute atomic E-state index is 5.56. The molecule has 1 fully saturated rings. The third kappa shape index (κ3) is 2.26. The van der Waals surface area contributed by atoms with Gasteiger partial charge in [-0.1, -0.05) is 30.3 Å². The molecule has 0 radical (unpaired) electrons. The van der Waals surface area contributed by atoms with Crippen LogP contribution in [0.25, 0.3) is 11.3 Å². The normalized spacial score (nSPS) is 17.0. The lowest BCUT2D eigenvalue weighted by Gasteiger charge is -2.10. The SMILES string of the molecule is COC(c1nc(-c2ccccc2)cs1)C1CC1. The van der Waals surface area contributed by atoms with Crippen molar-refractivity contribution < 1.29 is 4.74 Å². The van der Waals surface area contributed by atoms with Gasteiger partial charge in [0.15, 0.2) is 0 Å². The topological polar surface area (TPSA) is 22.1 Å². The molecule has 3 rings (SSSR count). The number of ether oxygens (including phenoxy) is 1. The molecule has 0 bridgehead atoms. The Labute approximate surface area is 105 Å². The van der Waals surface area contributed by atoms with E-state index in [0.29, 0.717) is 5.92 Å².